The summed E-state index contributed by atoms with van der Waals surface area (Å²) in [5, 5.41) is 6.36. The second kappa shape index (κ2) is 8.29. The zero-order valence-corrected chi connectivity index (χ0v) is 14.7. The Kier molecular flexibility index (Phi) is 6.13. The van der Waals surface area contributed by atoms with Crippen molar-refractivity contribution in [1.82, 2.24) is 4.83 Å². The van der Waals surface area contributed by atoms with Crippen molar-refractivity contribution in [3.8, 4) is 5.75 Å². The minimum Gasteiger partial charge on any atom is -0.493 e. The molecule has 2 aromatic rings. The lowest BCUT2D eigenvalue weighted by molar-refractivity contribution is -0.114. The van der Waals surface area contributed by atoms with E-state index in [0.717, 1.165) is 0 Å². The van der Waals surface area contributed by atoms with Crippen LogP contribution in [0.5, 0.6) is 5.75 Å². The van der Waals surface area contributed by atoms with Gasteiger partial charge in [0.25, 0.3) is 10.0 Å². The summed E-state index contributed by atoms with van der Waals surface area (Å²) in [4.78, 5) is 13.2. The van der Waals surface area contributed by atoms with Gasteiger partial charge in [-0.3, -0.25) is 4.79 Å². The molecule has 2 aromatic carbocycles. The van der Waals surface area contributed by atoms with Crippen LogP contribution in [0.4, 0.5) is 5.69 Å². The fraction of sp³-hybridized carbons (Fsp3) is 0.176. The molecule has 2 N–H and O–H groups in total. The highest BCUT2D eigenvalue weighted by Gasteiger charge is 2.12. The minimum atomic E-state index is -3.80. The molecule has 0 aliphatic heterocycles. The maximum Gasteiger partial charge on any atom is 0.276 e. The van der Waals surface area contributed by atoms with Gasteiger partial charge in [-0.15, -0.1) is 0 Å². The molecule has 0 unspecified atom stereocenters. The molecule has 0 spiro atoms. The van der Waals surface area contributed by atoms with Crippen LogP contribution in [0, 0.1) is 0 Å². The van der Waals surface area contributed by atoms with E-state index in [9.17, 15) is 13.2 Å². The summed E-state index contributed by atoms with van der Waals surface area (Å²) in [5.74, 6) is 0.388. The van der Waals surface area contributed by atoms with E-state index < -0.39 is 10.0 Å². The van der Waals surface area contributed by atoms with Gasteiger partial charge in [-0.2, -0.15) is 13.5 Å². The van der Waals surface area contributed by atoms with Crippen LogP contribution < -0.4 is 14.9 Å². The zero-order valence-electron chi connectivity index (χ0n) is 13.9. The first kappa shape index (κ1) is 18.5. The van der Waals surface area contributed by atoms with Gasteiger partial charge in [-0.05, 0) is 43.3 Å². The van der Waals surface area contributed by atoms with E-state index in [4.69, 9.17) is 4.74 Å². The Bertz CT molecular complexity index is 862. The predicted octanol–water partition coefficient (Wildman–Crippen LogP) is 2.36. The van der Waals surface area contributed by atoms with E-state index in [1.165, 1.54) is 37.4 Å². The average molecular weight is 361 g/mol. The van der Waals surface area contributed by atoms with Gasteiger partial charge >= 0.3 is 0 Å². The van der Waals surface area contributed by atoms with Gasteiger partial charge < -0.3 is 10.1 Å². The number of ether oxygens (including phenoxy) is 1. The van der Waals surface area contributed by atoms with Crippen molar-refractivity contribution in [1.29, 1.82) is 0 Å². The highest BCUT2D eigenvalue weighted by molar-refractivity contribution is 7.89. The van der Waals surface area contributed by atoms with Gasteiger partial charge in [0.1, 0.15) is 5.75 Å². The number of benzene rings is 2. The molecule has 7 nitrogen and oxygen atoms in total. The van der Waals surface area contributed by atoms with E-state index in [-0.39, 0.29) is 10.8 Å². The highest BCUT2D eigenvalue weighted by Crippen LogP contribution is 2.16. The molecule has 8 heteroatoms. The maximum absolute atomic E-state index is 12.2. The number of hydrazone groups is 1. The first-order valence-electron chi connectivity index (χ1n) is 7.56. The molecule has 0 fully saturated rings. The molecule has 0 aliphatic rings. The molecule has 0 saturated carbocycles. The van der Waals surface area contributed by atoms with Crippen LogP contribution in [0.3, 0.4) is 0 Å². The summed E-state index contributed by atoms with van der Waals surface area (Å²) in [6.07, 6.45) is 1.38. The topological polar surface area (TPSA) is 96.9 Å². The Hall–Kier alpha value is -2.87. The van der Waals surface area contributed by atoms with Crippen LogP contribution in [0.2, 0.25) is 0 Å². The van der Waals surface area contributed by atoms with E-state index in [1.807, 2.05) is 13.0 Å². The molecular formula is C17H19N3O4S. The van der Waals surface area contributed by atoms with Crippen molar-refractivity contribution >= 4 is 27.8 Å². The van der Waals surface area contributed by atoms with Gasteiger partial charge in [0.2, 0.25) is 5.91 Å². The number of sulfonamides is 1. The SMILES string of the molecule is CCOc1ccccc1C=NNS(=O)(=O)c1ccc(NC(C)=O)cc1. The molecule has 132 valence electrons. The number of nitrogens with one attached hydrogen (secondary N) is 2. The van der Waals surface area contributed by atoms with Crippen molar-refractivity contribution < 1.29 is 17.9 Å². The minimum absolute atomic E-state index is 0.0387. The summed E-state index contributed by atoms with van der Waals surface area (Å²) in [5.41, 5.74) is 1.17. The van der Waals surface area contributed by atoms with Crippen molar-refractivity contribution in [2.24, 2.45) is 5.10 Å². The molecule has 0 bridgehead atoms. The smallest absolute Gasteiger partial charge is 0.276 e. The first-order valence-corrected chi connectivity index (χ1v) is 9.05. The fourth-order valence-electron chi connectivity index (χ4n) is 2.01. The summed E-state index contributed by atoms with van der Waals surface area (Å²) < 4.78 is 29.9. The van der Waals surface area contributed by atoms with Crippen molar-refractivity contribution in [3.05, 3.63) is 54.1 Å². The van der Waals surface area contributed by atoms with Crippen LogP contribution in [0.15, 0.2) is 58.5 Å². The van der Waals surface area contributed by atoms with E-state index >= 15 is 0 Å². The second-order valence-corrected chi connectivity index (χ2v) is 6.69. The number of hydrogen-bond acceptors (Lipinski definition) is 5. The number of carbonyl (C=O) groups is 1. The lowest BCUT2D eigenvalue weighted by Crippen LogP contribution is -2.18. The summed E-state index contributed by atoms with van der Waals surface area (Å²) in [6.45, 7) is 3.74. The Morgan fingerprint density at radius 2 is 1.84 bits per heavy atom. The third-order valence-electron chi connectivity index (χ3n) is 3.08. The number of anilines is 1. The Labute approximate surface area is 146 Å². The van der Waals surface area contributed by atoms with Gasteiger partial charge in [0, 0.05) is 18.2 Å². The van der Waals surface area contributed by atoms with Gasteiger partial charge in [-0.1, -0.05) is 12.1 Å². The molecule has 2 rings (SSSR count). The third kappa shape index (κ3) is 5.32. The largest absolute Gasteiger partial charge is 0.493 e. The van der Waals surface area contributed by atoms with Gasteiger partial charge in [0.05, 0.1) is 17.7 Å². The van der Waals surface area contributed by atoms with Gasteiger partial charge in [0.15, 0.2) is 0 Å². The van der Waals surface area contributed by atoms with Gasteiger partial charge in [-0.25, -0.2) is 4.83 Å². The standard InChI is InChI=1S/C17H19N3O4S/c1-3-24-17-7-5-4-6-14(17)12-18-20-25(22,23)16-10-8-15(9-11-16)19-13(2)21/h4-12,20H,3H2,1-2H3,(H,19,21). The third-order valence-corrected chi connectivity index (χ3v) is 4.32. The van der Waals surface area contributed by atoms with Crippen LogP contribution in [-0.4, -0.2) is 27.1 Å². The van der Waals surface area contributed by atoms with E-state index in [2.05, 4.69) is 15.2 Å². The van der Waals surface area contributed by atoms with Crippen LogP contribution >= 0.6 is 0 Å². The molecule has 0 radical (unpaired) electrons. The van der Waals surface area contributed by atoms with Crippen LogP contribution in [0.1, 0.15) is 19.4 Å². The van der Waals surface area contributed by atoms with Crippen LogP contribution in [0.25, 0.3) is 0 Å². The Balaban J connectivity index is 2.10. The number of amides is 1. The lowest BCUT2D eigenvalue weighted by atomic mass is 10.2. The predicted molar refractivity (Wildman–Crippen MR) is 96.3 cm³/mol. The van der Waals surface area contributed by atoms with Crippen molar-refractivity contribution in [3.63, 3.8) is 0 Å². The summed E-state index contributed by atoms with van der Waals surface area (Å²) in [6, 6.07) is 13.0. The number of rotatable bonds is 7. The molecule has 1 amide bonds. The lowest BCUT2D eigenvalue weighted by Gasteiger charge is -2.07. The average Bonchev–Trinajstić information content (AvgIpc) is 2.56. The fourth-order valence-corrected chi connectivity index (χ4v) is 2.80. The molecule has 0 saturated heterocycles. The quantitative estimate of drug-likeness (QED) is 0.584. The number of nitrogens with zero attached hydrogens (tertiary/aromatic N) is 1. The normalized spacial score (nSPS) is 11.3. The monoisotopic (exact) mass is 361 g/mol. The van der Waals surface area contributed by atoms with Crippen molar-refractivity contribution in [2.75, 3.05) is 11.9 Å². The summed E-state index contributed by atoms with van der Waals surface area (Å²) in [7, 11) is -3.80. The number of para-hydroxylation sites is 1. The Morgan fingerprint density at radius 3 is 2.48 bits per heavy atom. The number of hydrogen-bond donors (Lipinski definition) is 2. The maximum atomic E-state index is 12.2. The second-order valence-electron chi connectivity index (χ2n) is 5.03. The first-order chi connectivity index (χ1) is 11.9. The van der Waals surface area contributed by atoms with E-state index in [0.29, 0.717) is 23.6 Å². The van der Waals surface area contributed by atoms with Crippen molar-refractivity contribution in [2.45, 2.75) is 18.7 Å². The molecule has 0 aromatic heterocycles. The van der Waals surface area contributed by atoms with Crippen LogP contribution in [-0.2, 0) is 14.8 Å². The molecule has 0 aliphatic carbocycles. The highest BCUT2D eigenvalue weighted by atomic mass is 32.2. The number of carbonyl (C=O) groups excluding carboxylic acids is 1. The molecule has 0 heterocycles. The zero-order chi connectivity index (χ0) is 18.3. The molecule has 25 heavy (non-hydrogen) atoms. The molecular weight excluding hydrogens is 342 g/mol. The molecule has 0 atom stereocenters. The Morgan fingerprint density at radius 1 is 1.16 bits per heavy atom. The van der Waals surface area contributed by atoms with E-state index in [1.54, 1.807) is 18.2 Å². The summed E-state index contributed by atoms with van der Waals surface area (Å²) >= 11 is 0.